The van der Waals surface area contributed by atoms with E-state index in [9.17, 15) is 40.2 Å². The highest BCUT2D eigenvalue weighted by Crippen LogP contribution is 2.46. The highest BCUT2D eigenvalue weighted by atomic mass is 16.7. The van der Waals surface area contributed by atoms with Gasteiger partial charge in [-0.3, -0.25) is 9.59 Å². The Bertz CT molecular complexity index is 1830. The number of aromatic hydroxyl groups is 3. The van der Waals surface area contributed by atoms with Crippen molar-refractivity contribution >= 4 is 22.3 Å². The SMILES string of the molecule is Cc1cc(O)c2cc3c(c(O)c2c1)C(=O)c1ccc([C@H]2C[C@@H](O[C@@H]4CC[C@@H](O[C@H]5C[C@@H](O)[C@H](O)[C@@H](C)O5)[C@@H](C)O4)[C@H](O)[C@@H](C)O2)c(O)c1C3=O. The summed E-state index contributed by atoms with van der Waals surface area (Å²) in [6.07, 6.45) is -6.85. The third kappa shape index (κ3) is 5.95. The molecule has 3 aromatic rings. The maximum atomic E-state index is 13.9. The predicted octanol–water partition coefficient (Wildman–Crippen LogP) is 3.40. The fourth-order valence-electron chi connectivity index (χ4n) is 7.66. The number of fused-ring (bicyclic) bond motifs is 3. The van der Waals surface area contributed by atoms with Crippen molar-refractivity contribution < 1.29 is 63.9 Å². The molecule has 3 aromatic carbocycles. The standard InChI is InChI=1S/C37H42O13/c1-14-9-21-20(23(38)10-14)11-22-31(36(21)44)35(43)19-6-5-18(34(42)30(19)37(22)45)26-13-27(33(41)17(4)46-26)50-28-8-7-25(15(2)47-28)49-29-12-24(39)32(40)16(3)48-29/h5-6,9-11,15-17,24-29,32-33,38-42,44H,7-8,12-13H2,1-4H3/t15-,16-,17-,24-,25-,26-,27-,28-,29+,32-,33-/m1/s1. The van der Waals surface area contributed by atoms with E-state index >= 15 is 0 Å². The van der Waals surface area contributed by atoms with E-state index in [1.807, 2.05) is 6.92 Å². The summed E-state index contributed by atoms with van der Waals surface area (Å²) in [5.74, 6) is -2.37. The Morgan fingerprint density at radius 2 is 1.34 bits per heavy atom. The van der Waals surface area contributed by atoms with Gasteiger partial charge in [-0.2, -0.15) is 0 Å². The fourth-order valence-corrected chi connectivity index (χ4v) is 7.66. The van der Waals surface area contributed by atoms with E-state index in [2.05, 4.69) is 0 Å². The highest BCUT2D eigenvalue weighted by molar-refractivity contribution is 6.32. The first kappa shape index (κ1) is 34.8. The van der Waals surface area contributed by atoms with Crippen molar-refractivity contribution in [2.45, 2.75) is 121 Å². The Kier molecular flexibility index (Phi) is 9.14. The second-order valence-corrected chi connectivity index (χ2v) is 13.9. The first-order chi connectivity index (χ1) is 23.7. The number of hydrogen-bond acceptors (Lipinski definition) is 13. The number of benzene rings is 3. The van der Waals surface area contributed by atoms with Gasteiger partial charge in [0, 0.05) is 46.7 Å². The van der Waals surface area contributed by atoms with E-state index in [1.165, 1.54) is 24.3 Å². The summed E-state index contributed by atoms with van der Waals surface area (Å²) in [6, 6.07) is 7.37. The molecule has 7 rings (SSSR count). The molecule has 3 heterocycles. The van der Waals surface area contributed by atoms with Crippen LogP contribution in [-0.4, -0.2) is 104 Å². The van der Waals surface area contributed by atoms with Crippen LogP contribution in [-0.2, 0) is 23.7 Å². The van der Waals surface area contributed by atoms with E-state index in [4.69, 9.17) is 23.7 Å². The normalized spacial score (nSPS) is 34.4. The van der Waals surface area contributed by atoms with Gasteiger partial charge in [0.15, 0.2) is 24.1 Å². The number of aliphatic hydroxyl groups is 3. The van der Waals surface area contributed by atoms with Crippen LogP contribution < -0.4 is 0 Å². The minimum absolute atomic E-state index is 0.0768. The second-order valence-electron chi connectivity index (χ2n) is 13.9. The van der Waals surface area contributed by atoms with Gasteiger partial charge in [-0.25, -0.2) is 0 Å². The number of ether oxygens (including phenoxy) is 5. The smallest absolute Gasteiger partial charge is 0.198 e. The van der Waals surface area contributed by atoms with Crippen LogP contribution in [0.2, 0.25) is 0 Å². The molecule has 50 heavy (non-hydrogen) atoms. The number of aliphatic hydroxyl groups excluding tert-OH is 3. The van der Waals surface area contributed by atoms with Gasteiger partial charge >= 0.3 is 0 Å². The van der Waals surface area contributed by atoms with Crippen molar-refractivity contribution in [2.75, 3.05) is 0 Å². The lowest BCUT2D eigenvalue weighted by atomic mass is 9.79. The lowest BCUT2D eigenvalue weighted by molar-refractivity contribution is -0.306. The van der Waals surface area contributed by atoms with Crippen LogP contribution in [0.15, 0.2) is 30.3 Å². The van der Waals surface area contributed by atoms with Crippen molar-refractivity contribution in [3.05, 3.63) is 63.7 Å². The summed E-state index contributed by atoms with van der Waals surface area (Å²) in [5, 5.41) is 64.7. The van der Waals surface area contributed by atoms with E-state index < -0.39 is 84.5 Å². The number of phenols is 3. The van der Waals surface area contributed by atoms with Crippen molar-refractivity contribution in [1.82, 2.24) is 0 Å². The highest BCUT2D eigenvalue weighted by Gasteiger charge is 2.44. The molecule has 6 N–H and O–H groups in total. The quantitative estimate of drug-likeness (QED) is 0.178. The molecule has 11 atom stereocenters. The van der Waals surface area contributed by atoms with Gasteiger partial charge in [-0.05, 0) is 63.9 Å². The maximum absolute atomic E-state index is 13.9. The van der Waals surface area contributed by atoms with Crippen LogP contribution in [0.4, 0.5) is 0 Å². The van der Waals surface area contributed by atoms with Gasteiger partial charge in [-0.15, -0.1) is 0 Å². The lowest BCUT2D eigenvalue weighted by Gasteiger charge is -2.43. The Morgan fingerprint density at radius 3 is 2.06 bits per heavy atom. The molecule has 3 fully saturated rings. The molecule has 0 unspecified atom stereocenters. The Hall–Kier alpha value is -3.66. The molecule has 0 bridgehead atoms. The monoisotopic (exact) mass is 694 g/mol. The van der Waals surface area contributed by atoms with Gasteiger partial charge in [0.1, 0.15) is 29.5 Å². The van der Waals surface area contributed by atoms with E-state index in [-0.39, 0.29) is 63.3 Å². The van der Waals surface area contributed by atoms with Crippen molar-refractivity contribution in [1.29, 1.82) is 0 Å². The topological polar surface area (TPSA) is 202 Å². The predicted molar refractivity (Wildman–Crippen MR) is 175 cm³/mol. The van der Waals surface area contributed by atoms with Crippen LogP contribution >= 0.6 is 0 Å². The molecule has 0 aromatic heterocycles. The number of ketones is 2. The molecule has 13 heteroatoms. The van der Waals surface area contributed by atoms with Gasteiger partial charge in [-0.1, -0.05) is 6.07 Å². The summed E-state index contributed by atoms with van der Waals surface area (Å²) < 4.78 is 30.3. The van der Waals surface area contributed by atoms with E-state index in [1.54, 1.807) is 26.8 Å². The Morgan fingerprint density at radius 1 is 0.680 bits per heavy atom. The van der Waals surface area contributed by atoms with Gasteiger partial charge in [0.05, 0.1) is 53.9 Å². The summed E-state index contributed by atoms with van der Waals surface area (Å²) in [7, 11) is 0. The zero-order valence-electron chi connectivity index (χ0n) is 28.1. The largest absolute Gasteiger partial charge is 0.507 e. The number of rotatable bonds is 5. The Labute approximate surface area is 287 Å². The van der Waals surface area contributed by atoms with Crippen molar-refractivity contribution in [3.8, 4) is 17.2 Å². The summed E-state index contributed by atoms with van der Waals surface area (Å²) >= 11 is 0. The van der Waals surface area contributed by atoms with E-state index in [0.29, 0.717) is 18.4 Å². The fraction of sp³-hybridized carbons (Fsp3) is 0.514. The molecule has 0 saturated carbocycles. The van der Waals surface area contributed by atoms with Crippen LogP contribution in [0.3, 0.4) is 0 Å². The number of hydrogen-bond donors (Lipinski definition) is 6. The second kappa shape index (κ2) is 13.1. The minimum atomic E-state index is -1.04. The average Bonchev–Trinajstić information content (AvgIpc) is 3.06. The molecular weight excluding hydrogens is 652 g/mol. The van der Waals surface area contributed by atoms with Gasteiger partial charge < -0.3 is 54.3 Å². The summed E-state index contributed by atoms with van der Waals surface area (Å²) in [4.78, 5) is 27.6. The third-order valence-electron chi connectivity index (χ3n) is 10.4. The molecule has 1 aliphatic carbocycles. The molecule has 268 valence electrons. The molecule has 3 aliphatic heterocycles. The molecule has 4 aliphatic rings. The summed E-state index contributed by atoms with van der Waals surface area (Å²) in [6.45, 7) is 6.89. The van der Waals surface area contributed by atoms with Crippen LogP contribution in [0.25, 0.3) is 10.8 Å². The average molecular weight is 695 g/mol. The molecule has 3 saturated heterocycles. The minimum Gasteiger partial charge on any atom is -0.507 e. The molecule has 0 amide bonds. The van der Waals surface area contributed by atoms with Crippen LogP contribution in [0.5, 0.6) is 17.2 Å². The van der Waals surface area contributed by atoms with Crippen molar-refractivity contribution in [2.24, 2.45) is 0 Å². The zero-order valence-corrected chi connectivity index (χ0v) is 28.1. The van der Waals surface area contributed by atoms with E-state index in [0.717, 1.165) is 0 Å². The first-order valence-corrected chi connectivity index (χ1v) is 17.0. The zero-order chi connectivity index (χ0) is 35.8. The lowest BCUT2D eigenvalue weighted by Crippen LogP contribution is -2.51. The number of aryl methyl sites for hydroxylation is 1. The van der Waals surface area contributed by atoms with Crippen molar-refractivity contribution in [3.63, 3.8) is 0 Å². The van der Waals surface area contributed by atoms with Crippen LogP contribution in [0.1, 0.15) is 95.5 Å². The molecule has 13 nitrogen and oxygen atoms in total. The maximum Gasteiger partial charge on any atom is 0.198 e. The summed E-state index contributed by atoms with van der Waals surface area (Å²) in [5.41, 5.74) is 0.231. The van der Waals surface area contributed by atoms with Crippen LogP contribution in [0, 0.1) is 6.92 Å². The number of phenolic OH excluding ortho intramolecular Hbond substituents is 3. The number of carbonyl (C=O) groups is 2. The first-order valence-electron chi connectivity index (χ1n) is 17.0. The molecule has 0 radical (unpaired) electrons. The van der Waals surface area contributed by atoms with Gasteiger partial charge in [0.25, 0.3) is 0 Å². The molecular formula is C37H42O13. The van der Waals surface area contributed by atoms with Gasteiger partial charge in [0.2, 0.25) is 0 Å². The molecule has 0 spiro atoms. The number of carbonyl (C=O) groups excluding carboxylic acids is 2. The Balaban J connectivity index is 1.08. The third-order valence-corrected chi connectivity index (χ3v) is 10.4.